The molecule has 0 radical (unpaired) electrons. The number of hydrogen-bond donors (Lipinski definition) is 2. The van der Waals surface area contributed by atoms with Crippen LogP contribution in [-0.4, -0.2) is 49.8 Å². The van der Waals surface area contributed by atoms with Crippen molar-refractivity contribution in [3.63, 3.8) is 0 Å². The third-order valence-corrected chi connectivity index (χ3v) is 4.93. The van der Waals surface area contributed by atoms with Crippen LogP contribution < -0.4 is 20.5 Å². The van der Waals surface area contributed by atoms with E-state index in [4.69, 9.17) is 19.9 Å². The van der Waals surface area contributed by atoms with Crippen molar-refractivity contribution < 1.29 is 23.8 Å². The van der Waals surface area contributed by atoms with Crippen molar-refractivity contribution in [2.75, 3.05) is 20.8 Å². The largest absolute Gasteiger partial charge is 0.496 e. The number of primary amides is 1. The van der Waals surface area contributed by atoms with Crippen LogP contribution in [-0.2, 0) is 9.53 Å². The summed E-state index contributed by atoms with van der Waals surface area (Å²) in [5, 5.41) is 4.43. The first-order chi connectivity index (χ1) is 13.0. The highest BCUT2D eigenvalue weighted by Gasteiger charge is 2.39. The number of amides is 2. The zero-order valence-corrected chi connectivity index (χ0v) is 15.5. The summed E-state index contributed by atoms with van der Waals surface area (Å²) in [6.45, 7) is 2.35. The van der Waals surface area contributed by atoms with E-state index in [2.05, 4.69) is 10.3 Å². The van der Waals surface area contributed by atoms with Gasteiger partial charge in [0.25, 0.3) is 5.91 Å². The van der Waals surface area contributed by atoms with Crippen LogP contribution in [0.1, 0.15) is 23.7 Å². The van der Waals surface area contributed by atoms with Gasteiger partial charge in [0.15, 0.2) is 0 Å². The number of pyridine rings is 1. The molecule has 27 heavy (non-hydrogen) atoms. The lowest BCUT2D eigenvalue weighted by Crippen LogP contribution is -2.29. The highest BCUT2D eigenvalue weighted by atomic mass is 16.5. The highest BCUT2D eigenvalue weighted by molar-refractivity contribution is 6.01. The Morgan fingerprint density at radius 3 is 2.74 bits per heavy atom. The van der Waals surface area contributed by atoms with Gasteiger partial charge in [0, 0.05) is 37.1 Å². The van der Waals surface area contributed by atoms with E-state index in [0.717, 1.165) is 10.8 Å². The molecule has 2 amide bonds. The molecule has 1 aliphatic heterocycles. The molecule has 0 aliphatic carbocycles. The first kappa shape index (κ1) is 18.9. The fourth-order valence-electron chi connectivity index (χ4n) is 3.44. The summed E-state index contributed by atoms with van der Waals surface area (Å²) in [5.41, 5.74) is 5.71. The van der Waals surface area contributed by atoms with Gasteiger partial charge < -0.3 is 25.3 Å². The van der Waals surface area contributed by atoms with Crippen LogP contribution >= 0.6 is 0 Å². The SMILES string of the molecule is COc1cc2c(OCC[C@H]3NC(=O)[C@@H](OC)[C@H]3C)nccc2cc1C(N)=O. The molecule has 1 aromatic carbocycles. The second-order valence-electron chi connectivity index (χ2n) is 6.52. The molecule has 0 unspecified atom stereocenters. The van der Waals surface area contributed by atoms with Crippen LogP contribution in [0.15, 0.2) is 24.4 Å². The minimum atomic E-state index is -0.563. The summed E-state index contributed by atoms with van der Waals surface area (Å²) < 4.78 is 16.3. The number of fused-ring (bicyclic) bond motifs is 1. The lowest BCUT2D eigenvalue weighted by atomic mass is 9.98. The molecule has 3 N–H and O–H groups in total. The van der Waals surface area contributed by atoms with E-state index in [9.17, 15) is 9.59 Å². The monoisotopic (exact) mass is 373 g/mol. The zero-order valence-electron chi connectivity index (χ0n) is 15.5. The van der Waals surface area contributed by atoms with Crippen molar-refractivity contribution in [2.45, 2.75) is 25.5 Å². The van der Waals surface area contributed by atoms with Crippen molar-refractivity contribution in [2.24, 2.45) is 11.7 Å². The van der Waals surface area contributed by atoms with Gasteiger partial charge in [-0.3, -0.25) is 9.59 Å². The number of rotatable bonds is 7. The Balaban J connectivity index is 1.76. The fourth-order valence-corrected chi connectivity index (χ4v) is 3.44. The molecule has 1 fully saturated rings. The highest BCUT2D eigenvalue weighted by Crippen LogP contribution is 2.31. The van der Waals surface area contributed by atoms with Crippen molar-refractivity contribution in [1.29, 1.82) is 0 Å². The van der Waals surface area contributed by atoms with Crippen LogP contribution in [0.4, 0.5) is 0 Å². The minimum absolute atomic E-state index is 0.0200. The van der Waals surface area contributed by atoms with Gasteiger partial charge in [0.1, 0.15) is 11.9 Å². The number of methoxy groups -OCH3 is 2. The molecule has 3 atom stereocenters. The molecule has 2 aromatic rings. The summed E-state index contributed by atoms with van der Waals surface area (Å²) in [4.78, 5) is 27.7. The van der Waals surface area contributed by atoms with Crippen molar-refractivity contribution in [3.05, 3.63) is 30.0 Å². The minimum Gasteiger partial charge on any atom is -0.496 e. The number of nitrogens with two attached hydrogens (primary N) is 1. The second kappa shape index (κ2) is 7.79. The molecule has 1 saturated heterocycles. The predicted octanol–water partition coefficient (Wildman–Crippen LogP) is 1.26. The first-order valence-corrected chi connectivity index (χ1v) is 8.68. The number of ether oxygens (including phenoxy) is 3. The van der Waals surface area contributed by atoms with Crippen LogP contribution in [0.3, 0.4) is 0 Å². The van der Waals surface area contributed by atoms with Crippen molar-refractivity contribution in [1.82, 2.24) is 10.3 Å². The zero-order chi connectivity index (χ0) is 19.6. The van der Waals surface area contributed by atoms with Gasteiger partial charge >= 0.3 is 0 Å². The molecule has 0 spiro atoms. The summed E-state index contributed by atoms with van der Waals surface area (Å²) in [7, 11) is 3.01. The van der Waals surface area contributed by atoms with E-state index >= 15 is 0 Å². The Morgan fingerprint density at radius 2 is 2.11 bits per heavy atom. The standard InChI is InChI=1S/C19H23N3O5/c1-10-14(22-18(24)16(10)26-3)5-7-27-19-12-9-15(25-2)13(17(20)23)8-11(12)4-6-21-19/h4,6,8-10,14,16H,5,7H2,1-3H3,(H2,20,23)(H,22,24)/t10-,14+,16-/m0/s1. The molecule has 8 nitrogen and oxygen atoms in total. The Labute approximate surface area is 157 Å². The molecular formula is C19H23N3O5. The van der Waals surface area contributed by atoms with Crippen LogP contribution in [0.5, 0.6) is 11.6 Å². The van der Waals surface area contributed by atoms with Gasteiger partial charge in [-0.05, 0) is 23.6 Å². The molecule has 1 aliphatic rings. The molecule has 1 aromatic heterocycles. The number of nitrogens with one attached hydrogen (secondary N) is 1. The van der Waals surface area contributed by atoms with E-state index in [1.165, 1.54) is 14.2 Å². The van der Waals surface area contributed by atoms with Crippen LogP contribution in [0, 0.1) is 5.92 Å². The van der Waals surface area contributed by atoms with Gasteiger partial charge in [-0.15, -0.1) is 0 Å². The maximum Gasteiger partial charge on any atom is 0.252 e. The Bertz CT molecular complexity index is 870. The van der Waals surface area contributed by atoms with Crippen LogP contribution in [0.2, 0.25) is 0 Å². The van der Waals surface area contributed by atoms with Crippen LogP contribution in [0.25, 0.3) is 10.8 Å². The predicted molar refractivity (Wildman–Crippen MR) is 98.8 cm³/mol. The average Bonchev–Trinajstić information content (AvgIpc) is 2.93. The fraction of sp³-hybridized carbons (Fsp3) is 0.421. The molecule has 2 heterocycles. The van der Waals surface area contributed by atoms with Gasteiger partial charge in [0.2, 0.25) is 11.8 Å². The van der Waals surface area contributed by atoms with Gasteiger partial charge in [-0.2, -0.15) is 0 Å². The maximum absolute atomic E-state index is 11.9. The van der Waals surface area contributed by atoms with E-state index in [0.29, 0.717) is 30.2 Å². The van der Waals surface area contributed by atoms with Crippen molar-refractivity contribution in [3.8, 4) is 11.6 Å². The molecular weight excluding hydrogens is 350 g/mol. The van der Waals surface area contributed by atoms with E-state index < -0.39 is 12.0 Å². The van der Waals surface area contributed by atoms with Gasteiger partial charge in [0.05, 0.1) is 19.3 Å². The van der Waals surface area contributed by atoms with E-state index in [1.807, 2.05) is 6.92 Å². The number of aromatic nitrogens is 1. The van der Waals surface area contributed by atoms with Gasteiger partial charge in [-0.25, -0.2) is 4.98 Å². The third kappa shape index (κ3) is 3.66. The first-order valence-electron chi connectivity index (χ1n) is 8.68. The Hall–Kier alpha value is -2.87. The Kier molecular flexibility index (Phi) is 5.46. The number of benzene rings is 1. The lowest BCUT2D eigenvalue weighted by molar-refractivity contribution is -0.128. The smallest absolute Gasteiger partial charge is 0.252 e. The van der Waals surface area contributed by atoms with Gasteiger partial charge in [-0.1, -0.05) is 6.92 Å². The lowest BCUT2D eigenvalue weighted by Gasteiger charge is -2.17. The summed E-state index contributed by atoms with van der Waals surface area (Å²) in [6.07, 6.45) is 1.80. The summed E-state index contributed by atoms with van der Waals surface area (Å²) >= 11 is 0. The van der Waals surface area contributed by atoms with Crippen molar-refractivity contribution >= 4 is 22.6 Å². The van der Waals surface area contributed by atoms with E-state index in [-0.39, 0.29) is 17.9 Å². The number of hydrogen-bond acceptors (Lipinski definition) is 6. The summed E-state index contributed by atoms with van der Waals surface area (Å²) in [5.74, 6) is 0.202. The number of carbonyl (C=O) groups excluding carboxylic acids is 2. The molecule has 3 rings (SSSR count). The summed E-state index contributed by atoms with van der Waals surface area (Å²) in [6, 6.07) is 5.11. The molecule has 0 bridgehead atoms. The second-order valence-corrected chi connectivity index (χ2v) is 6.52. The number of carbonyl (C=O) groups is 2. The quantitative estimate of drug-likeness (QED) is 0.755. The molecule has 8 heteroatoms. The molecule has 0 saturated carbocycles. The number of nitrogens with zero attached hydrogens (tertiary/aromatic N) is 1. The topological polar surface area (TPSA) is 113 Å². The maximum atomic E-state index is 11.9. The third-order valence-electron chi connectivity index (χ3n) is 4.93. The average molecular weight is 373 g/mol. The Morgan fingerprint density at radius 1 is 1.33 bits per heavy atom. The molecule has 144 valence electrons. The van der Waals surface area contributed by atoms with E-state index in [1.54, 1.807) is 24.4 Å². The normalized spacial score (nSPS) is 21.9.